The Bertz CT molecular complexity index is 138. The maximum atomic E-state index is 9.01. The van der Waals surface area contributed by atoms with Crippen LogP contribution < -0.4 is 0 Å². The fraction of sp³-hybridized carbons (Fsp3) is 0.429. The zero-order chi connectivity index (χ0) is 6.69. The van der Waals surface area contributed by atoms with Crippen molar-refractivity contribution >= 4 is 0 Å². The Morgan fingerprint density at radius 2 is 2.00 bits per heavy atom. The molecule has 1 aliphatic rings. The lowest BCUT2D eigenvalue weighted by Gasteiger charge is -2.09. The van der Waals surface area contributed by atoms with Crippen molar-refractivity contribution in [1.29, 1.82) is 0 Å². The molecule has 1 rings (SSSR count). The second-order valence-corrected chi connectivity index (χ2v) is 2.11. The van der Waals surface area contributed by atoms with Crippen LogP contribution in [-0.4, -0.2) is 22.4 Å². The molecule has 0 saturated heterocycles. The third kappa shape index (κ3) is 1.66. The van der Waals surface area contributed by atoms with E-state index in [-0.39, 0.29) is 0 Å². The number of allylic oxidation sites excluding steroid dienone is 2. The van der Waals surface area contributed by atoms with Crippen LogP contribution in [0.5, 0.6) is 0 Å². The molecule has 0 saturated carbocycles. The topological polar surface area (TPSA) is 40.5 Å². The number of aliphatic hydroxyl groups is 2. The van der Waals surface area contributed by atoms with E-state index in [0.717, 1.165) is 0 Å². The largest absolute Gasteiger partial charge is 0.390 e. The third-order valence-corrected chi connectivity index (χ3v) is 1.33. The summed E-state index contributed by atoms with van der Waals surface area (Å²) >= 11 is 0. The smallest absolute Gasteiger partial charge is 0.0986 e. The molecule has 2 nitrogen and oxygen atoms in total. The molecule has 9 heavy (non-hydrogen) atoms. The van der Waals surface area contributed by atoms with Crippen molar-refractivity contribution in [3.63, 3.8) is 0 Å². The Morgan fingerprint density at radius 1 is 1.22 bits per heavy atom. The van der Waals surface area contributed by atoms with Gasteiger partial charge in [-0.2, -0.15) is 0 Å². The lowest BCUT2D eigenvalue weighted by Crippen LogP contribution is -2.21. The van der Waals surface area contributed by atoms with E-state index < -0.39 is 12.2 Å². The fourth-order valence-electron chi connectivity index (χ4n) is 0.742. The summed E-state index contributed by atoms with van der Waals surface area (Å²) in [4.78, 5) is 0. The molecule has 0 heterocycles. The highest BCUT2D eigenvalue weighted by Crippen LogP contribution is 2.05. The van der Waals surface area contributed by atoms with E-state index >= 15 is 0 Å². The molecule has 0 spiro atoms. The summed E-state index contributed by atoms with van der Waals surface area (Å²) in [5.74, 6) is 0. The van der Waals surface area contributed by atoms with Crippen LogP contribution in [0.25, 0.3) is 0 Å². The molecule has 0 aromatic carbocycles. The zero-order valence-electron chi connectivity index (χ0n) is 5.07. The summed E-state index contributed by atoms with van der Waals surface area (Å²) in [6, 6.07) is 0. The SMILES string of the molecule is O[C@@H]1C=CC=CC[C@H]1O. The summed E-state index contributed by atoms with van der Waals surface area (Å²) < 4.78 is 0. The second kappa shape index (κ2) is 2.80. The number of hydrogen-bond acceptors (Lipinski definition) is 2. The van der Waals surface area contributed by atoms with Crippen molar-refractivity contribution in [3.05, 3.63) is 24.3 Å². The van der Waals surface area contributed by atoms with E-state index in [1.165, 1.54) is 0 Å². The zero-order valence-corrected chi connectivity index (χ0v) is 5.07. The Morgan fingerprint density at radius 3 is 2.78 bits per heavy atom. The minimum atomic E-state index is -0.694. The van der Waals surface area contributed by atoms with Crippen molar-refractivity contribution in [2.75, 3.05) is 0 Å². The van der Waals surface area contributed by atoms with Gasteiger partial charge in [0.15, 0.2) is 0 Å². The van der Waals surface area contributed by atoms with Crippen LogP contribution in [0.1, 0.15) is 6.42 Å². The van der Waals surface area contributed by atoms with Crippen LogP contribution >= 0.6 is 0 Å². The van der Waals surface area contributed by atoms with Crippen molar-refractivity contribution in [1.82, 2.24) is 0 Å². The van der Waals surface area contributed by atoms with E-state index in [9.17, 15) is 0 Å². The number of hydrogen-bond donors (Lipinski definition) is 2. The van der Waals surface area contributed by atoms with Gasteiger partial charge in [0, 0.05) is 0 Å². The van der Waals surface area contributed by atoms with Gasteiger partial charge in [-0.3, -0.25) is 0 Å². The summed E-state index contributed by atoms with van der Waals surface area (Å²) in [7, 11) is 0. The minimum Gasteiger partial charge on any atom is -0.390 e. The van der Waals surface area contributed by atoms with Gasteiger partial charge < -0.3 is 10.2 Å². The first kappa shape index (κ1) is 6.52. The van der Waals surface area contributed by atoms with Crippen LogP contribution in [0.4, 0.5) is 0 Å². The van der Waals surface area contributed by atoms with Gasteiger partial charge in [0.1, 0.15) is 0 Å². The normalized spacial score (nSPS) is 34.4. The van der Waals surface area contributed by atoms with Gasteiger partial charge in [-0.15, -0.1) is 0 Å². The summed E-state index contributed by atoms with van der Waals surface area (Å²) in [5, 5.41) is 18.0. The van der Waals surface area contributed by atoms with Gasteiger partial charge >= 0.3 is 0 Å². The van der Waals surface area contributed by atoms with E-state index in [0.29, 0.717) is 6.42 Å². The van der Waals surface area contributed by atoms with Crippen molar-refractivity contribution in [3.8, 4) is 0 Å². The first-order chi connectivity index (χ1) is 4.30. The molecule has 2 atom stereocenters. The Hall–Kier alpha value is -0.600. The molecule has 0 unspecified atom stereocenters. The van der Waals surface area contributed by atoms with E-state index in [1.54, 1.807) is 12.2 Å². The van der Waals surface area contributed by atoms with Crippen molar-refractivity contribution in [2.45, 2.75) is 18.6 Å². The molecule has 0 amide bonds. The third-order valence-electron chi connectivity index (χ3n) is 1.33. The molecule has 0 aromatic heterocycles. The minimum absolute atomic E-state index is 0.536. The van der Waals surface area contributed by atoms with Crippen LogP contribution in [0.15, 0.2) is 24.3 Å². The predicted octanol–water partition coefficient (Wildman–Crippen LogP) is 0.224. The molecule has 0 fully saturated rings. The van der Waals surface area contributed by atoms with Gasteiger partial charge in [-0.1, -0.05) is 24.3 Å². The lowest BCUT2D eigenvalue weighted by atomic mass is 10.1. The molecule has 2 heteroatoms. The van der Waals surface area contributed by atoms with E-state index in [1.807, 2.05) is 12.2 Å². The quantitative estimate of drug-likeness (QED) is 0.487. The first-order valence-electron chi connectivity index (χ1n) is 3.00. The summed E-state index contributed by atoms with van der Waals surface area (Å²) in [5.41, 5.74) is 0. The van der Waals surface area contributed by atoms with Gasteiger partial charge in [0.2, 0.25) is 0 Å². The highest BCUT2D eigenvalue weighted by molar-refractivity contribution is 5.10. The summed E-state index contributed by atoms with van der Waals surface area (Å²) in [6.07, 6.45) is 6.18. The maximum Gasteiger partial charge on any atom is 0.0986 e. The molecule has 1 aliphatic carbocycles. The molecular formula is C7H10O2. The predicted molar refractivity (Wildman–Crippen MR) is 34.9 cm³/mol. The maximum absolute atomic E-state index is 9.01. The standard InChI is InChI=1S/C7H10O2/c8-6-4-2-1-3-5-7(6)9/h1-4,6-9H,5H2/t6-,7-/m1/s1. The Kier molecular flexibility index (Phi) is 2.03. The molecular weight excluding hydrogens is 116 g/mol. The molecule has 0 aliphatic heterocycles. The Labute approximate surface area is 54.1 Å². The van der Waals surface area contributed by atoms with Gasteiger partial charge in [0.25, 0.3) is 0 Å². The molecule has 50 valence electrons. The first-order valence-corrected chi connectivity index (χ1v) is 3.00. The highest BCUT2D eigenvalue weighted by atomic mass is 16.3. The average Bonchev–Trinajstić information content (AvgIpc) is 1.99. The number of rotatable bonds is 0. The van der Waals surface area contributed by atoms with Gasteiger partial charge in [-0.05, 0) is 6.42 Å². The molecule has 0 bridgehead atoms. The van der Waals surface area contributed by atoms with Crippen molar-refractivity contribution < 1.29 is 10.2 Å². The van der Waals surface area contributed by atoms with Crippen LogP contribution in [0.2, 0.25) is 0 Å². The monoisotopic (exact) mass is 126 g/mol. The number of aliphatic hydroxyl groups excluding tert-OH is 2. The molecule has 0 aromatic rings. The van der Waals surface area contributed by atoms with Crippen LogP contribution in [0, 0.1) is 0 Å². The molecule has 0 radical (unpaired) electrons. The highest BCUT2D eigenvalue weighted by Gasteiger charge is 2.11. The fourth-order valence-corrected chi connectivity index (χ4v) is 0.742. The van der Waals surface area contributed by atoms with E-state index in [4.69, 9.17) is 10.2 Å². The average molecular weight is 126 g/mol. The van der Waals surface area contributed by atoms with Crippen LogP contribution in [-0.2, 0) is 0 Å². The van der Waals surface area contributed by atoms with Crippen molar-refractivity contribution in [2.24, 2.45) is 0 Å². The van der Waals surface area contributed by atoms with Gasteiger partial charge in [-0.25, -0.2) is 0 Å². The van der Waals surface area contributed by atoms with Gasteiger partial charge in [0.05, 0.1) is 12.2 Å². The van der Waals surface area contributed by atoms with Crippen LogP contribution in [0.3, 0.4) is 0 Å². The second-order valence-electron chi connectivity index (χ2n) is 2.11. The summed E-state index contributed by atoms with van der Waals surface area (Å²) in [6.45, 7) is 0. The molecule has 2 N–H and O–H groups in total. The van der Waals surface area contributed by atoms with E-state index in [2.05, 4.69) is 0 Å². The lowest BCUT2D eigenvalue weighted by molar-refractivity contribution is 0.0518. The Balaban J connectivity index is 2.58.